The Morgan fingerprint density at radius 1 is 0.848 bits per heavy atom. The molecule has 0 saturated carbocycles. The number of para-hydroxylation sites is 1. The van der Waals surface area contributed by atoms with E-state index >= 15 is 0 Å². The molecule has 0 aromatic heterocycles. The summed E-state index contributed by atoms with van der Waals surface area (Å²) in [6.07, 6.45) is -4.62. The average Bonchev–Trinajstić information content (AvgIpc) is 3.29. The lowest BCUT2D eigenvalue weighted by Crippen LogP contribution is -2.33. The molecule has 0 unspecified atom stereocenters. The number of fused-ring (bicyclic) bond motifs is 4. The molecule has 3 aromatic carbocycles. The molecular weight excluding hydrogens is 433 g/mol. The first kappa shape index (κ1) is 20.0. The maximum atomic E-state index is 13.4. The van der Waals surface area contributed by atoms with Crippen molar-refractivity contribution in [3.8, 4) is 17.2 Å². The summed E-state index contributed by atoms with van der Waals surface area (Å²) in [6, 6.07) is 18.4. The maximum Gasteiger partial charge on any atom is 0.416 e. The summed E-state index contributed by atoms with van der Waals surface area (Å²) in [5.41, 5.74) is 2.34. The van der Waals surface area contributed by atoms with Crippen LogP contribution in [0, 0.1) is 0 Å². The fourth-order valence-electron chi connectivity index (χ4n) is 4.52. The van der Waals surface area contributed by atoms with Crippen LogP contribution in [0.3, 0.4) is 0 Å². The van der Waals surface area contributed by atoms with Crippen LogP contribution in [0.15, 0.2) is 71.8 Å². The summed E-state index contributed by atoms with van der Waals surface area (Å²) in [6.45, 7) is 0.993. The minimum atomic E-state index is -4.44. The van der Waals surface area contributed by atoms with Gasteiger partial charge < -0.3 is 14.2 Å². The Morgan fingerprint density at radius 2 is 1.67 bits per heavy atom. The molecular formula is C25H19F3N2O3. The number of hydrogen-bond acceptors (Lipinski definition) is 5. The van der Waals surface area contributed by atoms with E-state index in [2.05, 4.69) is 0 Å². The minimum Gasteiger partial charge on any atom is -0.486 e. The summed E-state index contributed by atoms with van der Waals surface area (Å²) in [5, 5.41) is 6.59. The molecule has 0 radical (unpaired) electrons. The van der Waals surface area contributed by atoms with Crippen LogP contribution in [-0.4, -0.2) is 23.9 Å². The quantitative estimate of drug-likeness (QED) is 0.499. The van der Waals surface area contributed by atoms with Crippen molar-refractivity contribution in [2.24, 2.45) is 5.10 Å². The smallest absolute Gasteiger partial charge is 0.416 e. The molecule has 0 amide bonds. The number of nitrogens with zero attached hydrogens (tertiary/aromatic N) is 2. The highest BCUT2D eigenvalue weighted by atomic mass is 19.4. The normalized spacial score (nSPS) is 21.1. The van der Waals surface area contributed by atoms with E-state index < -0.39 is 18.0 Å². The minimum absolute atomic E-state index is 0.155. The Labute approximate surface area is 188 Å². The van der Waals surface area contributed by atoms with Gasteiger partial charge in [-0.25, -0.2) is 5.01 Å². The molecule has 0 spiro atoms. The van der Waals surface area contributed by atoms with Crippen molar-refractivity contribution in [1.29, 1.82) is 0 Å². The zero-order valence-corrected chi connectivity index (χ0v) is 17.4. The van der Waals surface area contributed by atoms with E-state index in [9.17, 15) is 13.2 Å². The van der Waals surface area contributed by atoms with Crippen LogP contribution >= 0.6 is 0 Å². The molecule has 0 fully saturated rings. The molecule has 0 bridgehead atoms. The van der Waals surface area contributed by atoms with E-state index in [1.807, 2.05) is 42.5 Å². The summed E-state index contributed by atoms with van der Waals surface area (Å²) in [5.74, 6) is 2.01. The molecule has 6 rings (SSSR count). The Hall–Kier alpha value is -3.68. The van der Waals surface area contributed by atoms with Gasteiger partial charge >= 0.3 is 6.18 Å². The van der Waals surface area contributed by atoms with Gasteiger partial charge in [-0.2, -0.15) is 18.3 Å². The zero-order chi connectivity index (χ0) is 22.6. The molecule has 3 aliphatic rings. The fourth-order valence-corrected chi connectivity index (χ4v) is 4.52. The first-order valence-electron chi connectivity index (χ1n) is 10.7. The van der Waals surface area contributed by atoms with Gasteiger partial charge in [-0.05, 0) is 36.4 Å². The molecule has 2 atom stereocenters. The Balaban J connectivity index is 1.41. The number of hydrogen-bond donors (Lipinski definition) is 0. The molecule has 0 N–H and O–H groups in total. The number of halogens is 3. The lowest BCUT2D eigenvalue weighted by molar-refractivity contribution is -0.137. The predicted octanol–water partition coefficient (Wildman–Crippen LogP) is 5.72. The standard InChI is InChI=1S/C25H19F3N2O3/c26-25(27,28)17-5-3-4-16(12-17)24-30-20(18-6-1-2-7-21(18)33-24)14-19(29-30)15-8-9-22-23(13-15)32-11-10-31-22/h1-9,12-13,20,24H,10-11,14H2/t20-,24+/m1/s1. The first-order chi connectivity index (χ1) is 16.0. The van der Waals surface area contributed by atoms with E-state index in [0.29, 0.717) is 42.4 Å². The van der Waals surface area contributed by atoms with Gasteiger partial charge in [0.05, 0.1) is 17.3 Å². The molecule has 8 heteroatoms. The second-order valence-electron chi connectivity index (χ2n) is 8.14. The van der Waals surface area contributed by atoms with Crippen LogP contribution in [0.25, 0.3) is 0 Å². The van der Waals surface area contributed by atoms with Crippen molar-refractivity contribution in [1.82, 2.24) is 5.01 Å². The van der Waals surface area contributed by atoms with Crippen molar-refractivity contribution >= 4 is 5.71 Å². The molecule has 3 heterocycles. The van der Waals surface area contributed by atoms with Crippen molar-refractivity contribution in [3.63, 3.8) is 0 Å². The Morgan fingerprint density at radius 3 is 2.52 bits per heavy atom. The second-order valence-corrected chi connectivity index (χ2v) is 8.14. The molecule has 5 nitrogen and oxygen atoms in total. The average molecular weight is 452 g/mol. The third-order valence-corrected chi connectivity index (χ3v) is 6.07. The fraction of sp³-hybridized carbons (Fsp3) is 0.240. The van der Waals surface area contributed by atoms with Crippen LogP contribution in [0.4, 0.5) is 13.2 Å². The van der Waals surface area contributed by atoms with E-state index in [4.69, 9.17) is 19.3 Å². The van der Waals surface area contributed by atoms with Gasteiger partial charge in [-0.3, -0.25) is 0 Å². The third-order valence-electron chi connectivity index (χ3n) is 6.07. The van der Waals surface area contributed by atoms with E-state index in [1.54, 1.807) is 11.1 Å². The number of hydrazone groups is 1. The summed E-state index contributed by atoms with van der Waals surface area (Å²) in [7, 11) is 0. The van der Waals surface area contributed by atoms with E-state index in [-0.39, 0.29) is 6.04 Å². The van der Waals surface area contributed by atoms with Gasteiger partial charge in [0, 0.05) is 23.1 Å². The summed E-state index contributed by atoms with van der Waals surface area (Å²) in [4.78, 5) is 0. The third kappa shape index (κ3) is 3.46. The Bertz CT molecular complexity index is 1260. The van der Waals surface area contributed by atoms with Gasteiger partial charge in [-0.15, -0.1) is 0 Å². The van der Waals surface area contributed by atoms with Crippen LogP contribution in [0.2, 0.25) is 0 Å². The topological polar surface area (TPSA) is 43.3 Å². The van der Waals surface area contributed by atoms with Crippen molar-refractivity contribution < 1.29 is 27.4 Å². The van der Waals surface area contributed by atoms with E-state index in [0.717, 1.165) is 29.0 Å². The molecule has 3 aromatic rings. The highest BCUT2D eigenvalue weighted by Crippen LogP contribution is 2.48. The first-order valence-corrected chi connectivity index (χ1v) is 10.7. The number of ether oxygens (including phenoxy) is 3. The van der Waals surface area contributed by atoms with Crippen molar-refractivity contribution in [2.45, 2.75) is 24.9 Å². The number of benzene rings is 3. The van der Waals surface area contributed by atoms with Gasteiger partial charge in [0.25, 0.3) is 0 Å². The van der Waals surface area contributed by atoms with Gasteiger partial charge in [-0.1, -0.05) is 30.3 Å². The van der Waals surface area contributed by atoms with Crippen LogP contribution < -0.4 is 14.2 Å². The molecule has 3 aliphatic heterocycles. The number of rotatable bonds is 2. The van der Waals surface area contributed by atoms with Gasteiger partial charge in [0.15, 0.2) is 11.5 Å². The maximum absolute atomic E-state index is 13.4. The molecule has 33 heavy (non-hydrogen) atoms. The highest BCUT2D eigenvalue weighted by molar-refractivity contribution is 6.02. The van der Waals surface area contributed by atoms with Gasteiger partial charge in [0.2, 0.25) is 6.23 Å². The SMILES string of the molecule is FC(F)(F)c1cccc([C@@H]2Oc3ccccc3[C@H]3CC(c4ccc5c(c4)OCCO5)=NN32)c1. The lowest BCUT2D eigenvalue weighted by Gasteiger charge is -2.38. The summed E-state index contributed by atoms with van der Waals surface area (Å²) < 4.78 is 57.6. The Kier molecular flexibility index (Phi) is 4.50. The largest absolute Gasteiger partial charge is 0.486 e. The molecule has 168 valence electrons. The monoisotopic (exact) mass is 452 g/mol. The highest BCUT2D eigenvalue weighted by Gasteiger charge is 2.42. The lowest BCUT2D eigenvalue weighted by atomic mass is 9.95. The van der Waals surface area contributed by atoms with Crippen LogP contribution in [-0.2, 0) is 6.18 Å². The zero-order valence-electron chi connectivity index (χ0n) is 17.4. The summed E-state index contributed by atoms with van der Waals surface area (Å²) >= 11 is 0. The van der Waals surface area contributed by atoms with Crippen molar-refractivity contribution in [2.75, 3.05) is 13.2 Å². The van der Waals surface area contributed by atoms with Crippen molar-refractivity contribution in [3.05, 3.63) is 89.0 Å². The number of alkyl halides is 3. The predicted molar refractivity (Wildman–Crippen MR) is 114 cm³/mol. The second kappa shape index (κ2) is 7.43. The molecule has 0 aliphatic carbocycles. The van der Waals surface area contributed by atoms with Gasteiger partial charge in [0.1, 0.15) is 19.0 Å². The van der Waals surface area contributed by atoms with Crippen LogP contribution in [0.5, 0.6) is 17.2 Å². The van der Waals surface area contributed by atoms with E-state index in [1.165, 1.54) is 6.07 Å². The molecule has 0 saturated heterocycles. The van der Waals surface area contributed by atoms with Crippen LogP contribution in [0.1, 0.15) is 40.9 Å².